The average molecular weight is 396 g/mol. The van der Waals surface area contributed by atoms with E-state index in [1.807, 2.05) is 0 Å². The van der Waals surface area contributed by atoms with Crippen molar-refractivity contribution in [2.75, 3.05) is 7.05 Å². The van der Waals surface area contributed by atoms with Crippen LogP contribution in [0.2, 0.25) is 0 Å². The third-order valence-corrected chi connectivity index (χ3v) is 6.87. The van der Waals surface area contributed by atoms with Gasteiger partial charge in [0.05, 0.1) is 5.69 Å². The Kier molecular flexibility index (Phi) is 7.32. The SMILES string of the molecule is CC(=Nc1ccccc1C(C)(C)C)C1CCCC(C(C)=NC2CCCCC2)N1C. The van der Waals surface area contributed by atoms with E-state index in [1.165, 1.54) is 68.4 Å². The largest absolute Gasteiger partial charge is 0.290 e. The highest BCUT2D eigenvalue weighted by Crippen LogP contribution is 2.32. The van der Waals surface area contributed by atoms with Crippen molar-refractivity contribution in [1.29, 1.82) is 0 Å². The Morgan fingerprint density at radius 2 is 1.48 bits per heavy atom. The molecule has 2 aliphatic rings. The summed E-state index contributed by atoms with van der Waals surface area (Å²) in [5, 5.41) is 0. The van der Waals surface area contributed by atoms with Crippen molar-refractivity contribution in [1.82, 2.24) is 4.90 Å². The van der Waals surface area contributed by atoms with Gasteiger partial charge in [-0.2, -0.15) is 0 Å². The zero-order valence-corrected chi connectivity index (χ0v) is 19.5. The molecule has 1 saturated heterocycles. The highest BCUT2D eigenvalue weighted by Gasteiger charge is 2.31. The molecule has 2 atom stereocenters. The maximum absolute atomic E-state index is 5.17. The van der Waals surface area contributed by atoms with Gasteiger partial charge in [0.1, 0.15) is 0 Å². The third kappa shape index (κ3) is 5.57. The second kappa shape index (κ2) is 9.55. The molecule has 0 N–H and O–H groups in total. The first-order valence-electron chi connectivity index (χ1n) is 11.7. The minimum atomic E-state index is 0.102. The van der Waals surface area contributed by atoms with Crippen LogP contribution in [0.15, 0.2) is 34.3 Å². The van der Waals surface area contributed by atoms with Gasteiger partial charge in [-0.25, -0.2) is 0 Å². The minimum Gasteiger partial charge on any atom is -0.290 e. The van der Waals surface area contributed by atoms with Crippen molar-refractivity contribution < 1.29 is 0 Å². The zero-order chi connectivity index (χ0) is 21.0. The topological polar surface area (TPSA) is 28.0 Å². The van der Waals surface area contributed by atoms with Crippen molar-refractivity contribution in [2.24, 2.45) is 9.98 Å². The van der Waals surface area contributed by atoms with Crippen LogP contribution in [-0.2, 0) is 5.41 Å². The van der Waals surface area contributed by atoms with Gasteiger partial charge in [-0.3, -0.25) is 14.9 Å². The van der Waals surface area contributed by atoms with E-state index in [1.54, 1.807) is 0 Å². The van der Waals surface area contributed by atoms with E-state index in [0.29, 0.717) is 18.1 Å². The summed E-state index contributed by atoms with van der Waals surface area (Å²) < 4.78 is 0. The first kappa shape index (κ1) is 22.2. The van der Waals surface area contributed by atoms with Gasteiger partial charge in [-0.15, -0.1) is 0 Å². The van der Waals surface area contributed by atoms with Crippen molar-refractivity contribution in [3.05, 3.63) is 29.8 Å². The fourth-order valence-electron chi connectivity index (χ4n) is 5.19. The molecule has 1 saturated carbocycles. The molecule has 160 valence electrons. The van der Waals surface area contributed by atoms with E-state index < -0.39 is 0 Å². The third-order valence-electron chi connectivity index (χ3n) is 6.87. The lowest BCUT2D eigenvalue weighted by molar-refractivity contribution is 0.196. The lowest BCUT2D eigenvalue weighted by atomic mass is 9.85. The summed E-state index contributed by atoms with van der Waals surface area (Å²) in [5.41, 5.74) is 5.13. The van der Waals surface area contributed by atoms with E-state index in [9.17, 15) is 0 Å². The number of hydrogen-bond donors (Lipinski definition) is 0. The van der Waals surface area contributed by atoms with Crippen LogP contribution in [0, 0.1) is 0 Å². The molecular formula is C26H41N3. The molecule has 2 unspecified atom stereocenters. The number of hydrogen-bond acceptors (Lipinski definition) is 3. The predicted octanol–water partition coefficient (Wildman–Crippen LogP) is 6.72. The van der Waals surface area contributed by atoms with Crippen LogP contribution in [0.1, 0.15) is 91.5 Å². The summed E-state index contributed by atoms with van der Waals surface area (Å²) in [5.74, 6) is 0. The molecule has 1 aliphatic carbocycles. The van der Waals surface area contributed by atoms with Gasteiger partial charge in [0.2, 0.25) is 0 Å². The number of aliphatic imine (C=N–C) groups is 2. The molecule has 29 heavy (non-hydrogen) atoms. The molecule has 3 nitrogen and oxygen atoms in total. The van der Waals surface area contributed by atoms with E-state index in [4.69, 9.17) is 9.98 Å². The summed E-state index contributed by atoms with van der Waals surface area (Å²) in [6.45, 7) is 11.3. The summed E-state index contributed by atoms with van der Waals surface area (Å²) >= 11 is 0. The molecule has 1 aromatic carbocycles. The summed E-state index contributed by atoms with van der Waals surface area (Å²) in [4.78, 5) is 12.9. The fourth-order valence-corrected chi connectivity index (χ4v) is 5.19. The van der Waals surface area contributed by atoms with Crippen molar-refractivity contribution in [3.8, 4) is 0 Å². The highest BCUT2D eigenvalue weighted by atomic mass is 15.2. The van der Waals surface area contributed by atoms with E-state index in [-0.39, 0.29) is 5.41 Å². The first-order chi connectivity index (χ1) is 13.8. The van der Waals surface area contributed by atoms with Crippen molar-refractivity contribution in [3.63, 3.8) is 0 Å². The van der Waals surface area contributed by atoms with Crippen LogP contribution < -0.4 is 0 Å². The van der Waals surface area contributed by atoms with Crippen molar-refractivity contribution in [2.45, 2.75) is 110 Å². The molecule has 1 heterocycles. The van der Waals surface area contributed by atoms with Gasteiger partial charge in [0.25, 0.3) is 0 Å². The van der Waals surface area contributed by atoms with Crippen LogP contribution in [0.4, 0.5) is 5.69 Å². The molecule has 0 aromatic heterocycles. The molecule has 0 bridgehead atoms. The Bertz CT molecular complexity index is 735. The van der Waals surface area contributed by atoms with Crippen LogP contribution in [0.25, 0.3) is 0 Å². The van der Waals surface area contributed by atoms with Gasteiger partial charge in [0.15, 0.2) is 0 Å². The molecule has 3 heteroatoms. The highest BCUT2D eigenvalue weighted by molar-refractivity contribution is 5.92. The van der Waals surface area contributed by atoms with Crippen molar-refractivity contribution >= 4 is 17.1 Å². The molecule has 0 radical (unpaired) electrons. The summed E-state index contributed by atoms with van der Waals surface area (Å²) in [7, 11) is 2.28. The lowest BCUT2D eigenvalue weighted by Crippen LogP contribution is -2.50. The maximum Gasteiger partial charge on any atom is 0.0666 e. The Balaban J connectivity index is 1.78. The zero-order valence-electron chi connectivity index (χ0n) is 19.5. The average Bonchev–Trinajstić information content (AvgIpc) is 2.68. The van der Waals surface area contributed by atoms with E-state index in [0.717, 1.165) is 5.69 Å². The Morgan fingerprint density at radius 3 is 2.14 bits per heavy atom. The Labute approximate surface area is 178 Å². The second-order valence-corrected chi connectivity index (χ2v) is 10.2. The van der Waals surface area contributed by atoms with Gasteiger partial charge >= 0.3 is 0 Å². The van der Waals surface area contributed by atoms with Gasteiger partial charge in [-0.1, -0.05) is 58.2 Å². The van der Waals surface area contributed by atoms with Crippen LogP contribution in [0.5, 0.6) is 0 Å². The van der Waals surface area contributed by atoms with E-state index >= 15 is 0 Å². The number of likely N-dealkylation sites (tertiary alicyclic amines) is 1. The normalized spacial score (nSPS) is 26.0. The van der Waals surface area contributed by atoms with Crippen LogP contribution in [-0.4, -0.2) is 41.5 Å². The van der Waals surface area contributed by atoms with Gasteiger partial charge < -0.3 is 0 Å². The van der Waals surface area contributed by atoms with Crippen LogP contribution in [0.3, 0.4) is 0 Å². The second-order valence-electron chi connectivity index (χ2n) is 10.2. The molecule has 0 spiro atoms. The Morgan fingerprint density at radius 1 is 0.862 bits per heavy atom. The van der Waals surface area contributed by atoms with E-state index in [2.05, 4.69) is 70.8 Å². The molecule has 2 fully saturated rings. The number of nitrogens with zero attached hydrogens (tertiary/aromatic N) is 3. The maximum atomic E-state index is 5.17. The molecule has 3 rings (SSSR count). The summed E-state index contributed by atoms with van der Waals surface area (Å²) in [6.07, 6.45) is 10.3. The number of piperidine rings is 1. The number of para-hydroxylation sites is 1. The van der Waals surface area contributed by atoms with Crippen LogP contribution >= 0.6 is 0 Å². The quantitative estimate of drug-likeness (QED) is 0.520. The number of benzene rings is 1. The first-order valence-corrected chi connectivity index (χ1v) is 11.7. The lowest BCUT2D eigenvalue weighted by Gasteiger charge is -2.40. The van der Waals surface area contributed by atoms with Gasteiger partial charge in [-0.05, 0) is 70.0 Å². The molecular weight excluding hydrogens is 354 g/mol. The number of rotatable bonds is 4. The molecule has 1 aromatic rings. The standard InChI is InChI=1S/C26H41N3/c1-19(27-21-13-8-7-9-14-21)24-17-12-18-25(29(24)6)20(2)28-23-16-11-10-15-22(23)26(3,4)5/h10-11,15-16,21,24-25H,7-9,12-14,17-18H2,1-6H3. The fraction of sp³-hybridized carbons (Fsp3) is 0.692. The monoisotopic (exact) mass is 395 g/mol. The summed E-state index contributed by atoms with van der Waals surface area (Å²) in [6, 6.07) is 10.0. The van der Waals surface area contributed by atoms with Gasteiger partial charge in [0, 0.05) is 29.5 Å². The predicted molar refractivity (Wildman–Crippen MR) is 127 cm³/mol. The Hall–Kier alpha value is -1.48. The molecule has 1 aliphatic heterocycles. The minimum absolute atomic E-state index is 0.102. The molecule has 0 amide bonds. The smallest absolute Gasteiger partial charge is 0.0666 e.